The Bertz CT molecular complexity index is 360. The predicted molar refractivity (Wildman–Crippen MR) is 73.5 cm³/mol. The van der Waals surface area contributed by atoms with Gasteiger partial charge in [0.05, 0.1) is 0 Å². The van der Waals surface area contributed by atoms with Gasteiger partial charge in [0.15, 0.2) is 0 Å². The zero-order valence-electron chi connectivity index (χ0n) is 11.6. The molecule has 0 aliphatic rings. The Labute approximate surface area is 104 Å². The SMILES string of the molecule is CCNc1nc(C)cc(NCC(C)(C)CC)n1. The minimum atomic E-state index is 0.289. The average molecular weight is 236 g/mol. The van der Waals surface area contributed by atoms with Crippen LogP contribution in [0, 0.1) is 12.3 Å². The van der Waals surface area contributed by atoms with Crippen molar-refractivity contribution in [3.05, 3.63) is 11.8 Å². The summed E-state index contributed by atoms with van der Waals surface area (Å²) in [5.41, 5.74) is 1.27. The Morgan fingerprint density at radius 1 is 1.18 bits per heavy atom. The Balaban J connectivity index is 2.70. The lowest BCUT2D eigenvalue weighted by atomic mass is 9.90. The molecule has 0 aliphatic carbocycles. The van der Waals surface area contributed by atoms with Gasteiger partial charge < -0.3 is 10.6 Å². The van der Waals surface area contributed by atoms with Gasteiger partial charge >= 0.3 is 0 Å². The normalized spacial score (nSPS) is 11.4. The molecule has 0 fully saturated rings. The van der Waals surface area contributed by atoms with Crippen LogP contribution in [-0.2, 0) is 0 Å². The van der Waals surface area contributed by atoms with Crippen molar-refractivity contribution in [2.24, 2.45) is 5.41 Å². The Kier molecular flexibility index (Phi) is 4.73. The number of nitrogens with zero attached hydrogens (tertiary/aromatic N) is 2. The van der Waals surface area contributed by atoms with E-state index < -0.39 is 0 Å². The highest BCUT2D eigenvalue weighted by Crippen LogP contribution is 2.20. The molecule has 2 N–H and O–H groups in total. The van der Waals surface area contributed by atoms with Crippen LogP contribution in [0.1, 0.15) is 39.8 Å². The van der Waals surface area contributed by atoms with E-state index in [-0.39, 0.29) is 5.41 Å². The van der Waals surface area contributed by atoms with E-state index >= 15 is 0 Å². The first-order valence-electron chi connectivity index (χ1n) is 6.30. The number of anilines is 2. The molecule has 0 aliphatic heterocycles. The molecule has 0 saturated heterocycles. The first-order valence-corrected chi connectivity index (χ1v) is 6.30. The summed E-state index contributed by atoms with van der Waals surface area (Å²) >= 11 is 0. The van der Waals surface area contributed by atoms with Crippen LogP contribution in [0.3, 0.4) is 0 Å². The van der Waals surface area contributed by atoms with E-state index in [0.717, 1.165) is 31.0 Å². The number of aromatic nitrogens is 2. The molecule has 0 amide bonds. The molecule has 0 bridgehead atoms. The molecule has 0 saturated carbocycles. The molecule has 0 spiro atoms. The third-order valence-corrected chi connectivity index (χ3v) is 2.89. The van der Waals surface area contributed by atoms with Crippen molar-refractivity contribution >= 4 is 11.8 Å². The van der Waals surface area contributed by atoms with E-state index in [1.54, 1.807) is 0 Å². The van der Waals surface area contributed by atoms with E-state index in [0.29, 0.717) is 5.95 Å². The Morgan fingerprint density at radius 3 is 2.47 bits per heavy atom. The highest BCUT2D eigenvalue weighted by atomic mass is 15.1. The van der Waals surface area contributed by atoms with Gasteiger partial charge in [0, 0.05) is 24.8 Å². The topological polar surface area (TPSA) is 49.8 Å². The van der Waals surface area contributed by atoms with Gasteiger partial charge in [-0.25, -0.2) is 4.98 Å². The number of nitrogens with one attached hydrogen (secondary N) is 2. The maximum Gasteiger partial charge on any atom is 0.224 e. The van der Waals surface area contributed by atoms with Gasteiger partial charge in [-0.05, 0) is 25.7 Å². The minimum Gasteiger partial charge on any atom is -0.369 e. The fourth-order valence-corrected chi connectivity index (χ4v) is 1.35. The number of aryl methyl sites for hydroxylation is 1. The summed E-state index contributed by atoms with van der Waals surface area (Å²) < 4.78 is 0. The van der Waals surface area contributed by atoms with E-state index in [1.807, 2.05) is 19.9 Å². The smallest absolute Gasteiger partial charge is 0.224 e. The van der Waals surface area contributed by atoms with Crippen molar-refractivity contribution in [1.82, 2.24) is 9.97 Å². The van der Waals surface area contributed by atoms with E-state index in [4.69, 9.17) is 0 Å². The molecule has 4 heteroatoms. The van der Waals surface area contributed by atoms with Crippen LogP contribution in [0.4, 0.5) is 11.8 Å². The van der Waals surface area contributed by atoms with Gasteiger partial charge in [-0.15, -0.1) is 0 Å². The fraction of sp³-hybridized carbons (Fsp3) is 0.692. The van der Waals surface area contributed by atoms with Crippen LogP contribution in [0.2, 0.25) is 0 Å². The zero-order chi connectivity index (χ0) is 12.9. The van der Waals surface area contributed by atoms with E-state index in [2.05, 4.69) is 41.4 Å². The lowest BCUT2D eigenvalue weighted by Gasteiger charge is -2.23. The molecule has 1 heterocycles. The molecule has 4 nitrogen and oxygen atoms in total. The van der Waals surface area contributed by atoms with E-state index in [9.17, 15) is 0 Å². The third kappa shape index (κ3) is 4.59. The van der Waals surface area contributed by atoms with Gasteiger partial charge in [-0.1, -0.05) is 20.8 Å². The molecule has 1 aromatic rings. The molecule has 0 aromatic carbocycles. The summed E-state index contributed by atoms with van der Waals surface area (Å²) in [5, 5.41) is 6.52. The summed E-state index contributed by atoms with van der Waals surface area (Å²) in [6.07, 6.45) is 1.14. The average Bonchev–Trinajstić information content (AvgIpc) is 2.26. The molecule has 0 unspecified atom stereocenters. The molecule has 96 valence electrons. The van der Waals surface area contributed by atoms with Crippen molar-refractivity contribution in [1.29, 1.82) is 0 Å². The zero-order valence-corrected chi connectivity index (χ0v) is 11.6. The molecule has 1 rings (SSSR count). The van der Waals surface area contributed by atoms with Crippen molar-refractivity contribution in [3.8, 4) is 0 Å². The Hall–Kier alpha value is -1.32. The quantitative estimate of drug-likeness (QED) is 0.797. The van der Waals surface area contributed by atoms with Crippen LogP contribution in [-0.4, -0.2) is 23.1 Å². The summed E-state index contributed by atoms with van der Waals surface area (Å²) in [6.45, 7) is 12.5. The second-order valence-electron chi connectivity index (χ2n) is 5.12. The van der Waals surface area contributed by atoms with Crippen LogP contribution < -0.4 is 10.6 Å². The van der Waals surface area contributed by atoms with Gasteiger partial charge in [-0.2, -0.15) is 4.98 Å². The highest BCUT2D eigenvalue weighted by molar-refractivity contribution is 5.42. The molecule has 17 heavy (non-hydrogen) atoms. The Morgan fingerprint density at radius 2 is 1.88 bits per heavy atom. The number of hydrogen-bond acceptors (Lipinski definition) is 4. The lowest BCUT2D eigenvalue weighted by molar-refractivity contribution is 0.376. The molecular weight excluding hydrogens is 212 g/mol. The predicted octanol–water partition coefficient (Wildman–Crippen LogP) is 3.06. The van der Waals surface area contributed by atoms with Crippen molar-refractivity contribution < 1.29 is 0 Å². The van der Waals surface area contributed by atoms with Gasteiger partial charge in [0.1, 0.15) is 5.82 Å². The molecule has 0 atom stereocenters. The maximum atomic E-state index is 4.43. The first kappa shape index (κ1) is 13.7. The lowest BCUT2D eigenvalue weighted by Crippen LogP contribution is -2.22. The van der Waals surface area contributed by atoms with Crippen molar-refractivity contribution in [2.45, 2.75) is 41.0 Å². The number of hydrogen-bond donors (Lipinski definition) is 2. The monoisotopic (exact) mass is 236 g/mol. The fourth-order valence-electron chi connectivity index (χ4n) is 1.35. The third-order valence-electron chi connectivity index (χ3n) is 2.89. The van der Waals surface area contributed by atoms with Crippen LogP contribution in [0.15, 0.2) is 6.07 Å². The summed E-state index contributed by atoms with van der Waals surface area (Å²) in [6, 6.07) is 1.98. The molecule has 0 radical (unpaired) electrons. The molecule has 1 aromatic heterocycles. The standard InChI is InChI=1S/C13H24N4/c1-6-13(4,5)9-15-11-8-10(3)16-12(17-11)14-7-2/h8H,6-7,9H2,1-5H3,(H2,14,15,16,17). The van der Waals surface area contributed by atoms with E-state index in [1.165, 1.54) is 0 Å². The summed E-state index contributed by atoms with van der Waals surface area (Å²) in [7, 11) is 0. The van der Waals surface area contributed by atoms with Gasteiger partial charge in [0.25, 0.3) is 0 Å². The maximum absolute atomic E-state index is 4.43. The number of rotatable bonds is 6. The van der Waals surface area contributed by atoms with Crippen LogP contribution in [0.25, 0.3) is 0 Å². The second-order valence-corrected chi connectivity index (χ2v) is 5.12. The first-order chi connectivity index (χ1) is 7.96. The van der Waals surface area contributed by atoms with Gasteiger partial charge in [-0.3, -0.25) is 0 Å². The van der Waals surface area contributed by atoms with Crippen molar-refractivity contribution in [2.75, 3.05) is 23.7 Å². The van der Waals surface area contributed by atoms with Gasteiger partial charge in [0.2, 0.25) is 5.95 Å². The summed E-state index contributed by atoms with van der Waals surface area (Å²) in [5.74, 6) is 1.60. The molecular formula is C13H24N4. The van der Waals surface area contributed by atoms with Crippen molar-refractivity contribution in [3.63, 3.8) is 0 Å². The van der Waals surface area contributed by atoms with Crippen LogP contribution >= 0.6 is 0 Å². The second kappa shape index (κ2) is 5.84. The largest absolute Gasteiger partial charge is 0.369 e. The van der Waals surface area contributed by atoms with Crippen LogP contribution in [0.5, 0.6) is 0 Å². The summed E-state index contributed by atoms with van der Waals surface area (Å²) in [4.78, 5) is 8.75. The minimum absolute atomic E-state index is 0.289. The highest BCUT2D eigenvalue weighted by Gasteiger charge is 2.14.